The van der Waals surface area contributed by atoms with E-state index in [1.54, 1.807) is 0 Å². The van der Waals surface area contributed by atoms with Crippen LogP contribution in [0.25, 0.3) is 0 Å². The van der Waals surface area contributed by atoms with Gasteiger partial charge in [0, 0.05) is 0 Å². The Labute approximate surface area is 522 Å². The van der Waals surface area contributed by atoms with Gasteiger partial charge >= 0.3 is 0 Å². The first kappa shape index (κ1) is 80.8. The summed E-state index contributed by atoms with van der Waals surface area (Å²) in [5.74, 6) is -0.711. The number of nitrogens with one attached hydrogen (secondary N) is 1. The van der Waals surface area contributed by atoms with Gasteiger partial charge in [-0.25, -0.2) is 0 Å². The van der Waals surface area contributed by atoms with Crippen LogP contribution in [0, 0.1) is 0 Å². The Balaban J connectivity index is 2.24. The van der Waals surface area contributed by atoms with Crippen LogP contribution in [0.2, 0.25) is 0 Å². The summed E-state index contributed by atoms with van der Waals surface area (Å²) in [5.41, 5.74) is 0. The molecule has 1 aliphatic rings. The van der Waals surface area contributed by atoms with E-state index >= 15 is 0 Å². The smallest absolute Gasteiger partial charge is 0.249 e. The molecule has 0 aromatic carbocycles. The molecule has 0 spiro atoms. The van der Waals surface area contributed by atoms with E-state index in [0.717, 1.165) is 51.4 Å². The molecule has 0 aliphatic carbocycles. The number of hydrogen-bond acceptors (Lipinski definition) is 10. The zero-order chi connectivity index (χ0) is 61.7. The van der Waals surface area contributed by atoms with Gasteiger partial charge in [0.2, 0.25) is 5.91 Å². The third kappa shape index (κ3) is 49.3. The topological polar surface area (TPSA) is 189 Å². The van der Waals surface area contributed by atoms with Gasteiger partial charge in [-0.2, -0.15) is 0 Å². The lowest BCUT2D eigenvalue weighted by atomic mass is 9.98. The molecular formula is C74H137NO10. The van der Waals surface area contributed by atoms with Crippen LogP contribution in [0.5, 0.6) is 0 Å². The van der Waals surface area contributed by atoms with Crippen LogP contribution in [0.3, 0.4) is 0 Å². The summed E-state index contributed by atoms with van der Waals surface area (Å²) < 4.78 is 11.2. The fourth-order valence-electron chi connectivity index (χ4n) is 11.4. The highest BCUT2D eigenvalue weighted by Crippen LogP contribution is 2.24. The summed E-state index contributed by atoms with van der Waals surface area (Å²) in [6, 6.07) is -1.20. The van der Waals surface area contributed by atoms with E-state index in [-0.39, 0.29) is 12.8 Å². The highest BCUT2D eigenvalue weighted by atomic mass is 16.7. The fourth-order valence-corrected chi connectivity index (χ4v) is 11.4. The lowest BCUT2D eigenvalue weighted by molar-refractivity contribution is -0.303. The number of hydrogen-bond donors (Lipinski definition) is 8. The van der Waals surface area contributed by atoms with E-state index in [4.69, 9.17) is 9.47 Å². The molecule has 0 bridgehead atoms. The first-order chi connectivity index (χ1) is 41.7. The highest BCUT2D eigenvalue weighted by molar-refractivity contribution is 5.80. The molecule has 85 heavy (non-hydrogen) atoms. The maximum absolute atomic E-state index is 13.3. The maximum Gasteiger partial charge on any atom is 0.249 e. The van der Waals surface area contributed by atoms with Crippen molar-refractivity contribution < 1.29 is 50.0 Å². The maximum atomic E-state index is 13.3. The second kappa shape index (κ2) is 62.0. The number of carbonyl (C=O) groups is 1. The zero-order valence-electron chi connectivity index (χ0n) is 55.1. The van der Waals surface area contributed by atoms with Gasteiger partial charge in [0.25, 0.3) is 0 Å². The van der Waals surface area contributed by atoms with Crippen molar-refractivity contribution in [2.24, 2.45) is 0 Å². The second-order valence-electron chi connectivity index (χ2n) is 25.3. The molecule has 0 aromatic heterocycles. The van der Waals surface area contributed by atoms with E-state index in [1.165, 1.54) is 238 Å². The number of allylic oxidation sites excluding steroid dienone is 10. The number of amides is 1. The molecule has 0 aromatic rings. The Bertz CT molecular complexity index is 1570. The standard InChI is InChI=1S/C74H137NO10/c1-3-5-7-9-11-13-15-17-19-21-23-25-27-29-31-33-34-36-37-39-41-43-45-47-49-51-53-55-57-59-61-66(77)69(79)65(64-84-74-72(82)71(81)70(80)68(63-76)85-74)75-73(83)67(78)62-60-58-56-54-52-50-48-46-44-42-40-38-35-32-30-28-26-24-22-20-18-16-14-12-10-8-6-4-2/h24,26,30,32,37,39,45,47,53,55,65-72,74,76-82H,3-23,25,27-29,31,33-36,38,40-44,46,48-52,54,56-64H2,1-2H3,(H,75,83)/b26-24-,32-30-,39-37+,47-45+,55-53+. The molecule has 11 nitrogen and oxygen atoms in total. The quantitative estimate of drug-likeness (QED) is 0.0215. The molecule has 1 fully saturated rings. The molecule has 1 aliphatic heterocycles. The van der Waals surface area contributed by atoms with Crippen molar-refractivity contribution in [1.82, 2.24) is 5.32 Å². The van der Waals surface area contributed by atoms with Crippen LogP contribution in [-0.2, 0) is 14.3 Å². The third-order valence-electron chi connectivity index (χ3n) is 17.2. The summed E-state index contributed by atoms with van der Waals surface area (Å²) in [7, 11) is 0. The molecule has 1 rings (SSSR count). The van der Waals surface area contributed by atoms with Gasteiger partial charge in [0.1, 0.15) is 36.6 Å². The first-order valence-electron chi connectivity index (χ1n) is 36.2. The number of ether oxygens (including phenoxy) is 2. The summed E-state index contributed by atoms with van der Waals surface area (Å²) in [5, 5.41) is 76.5. The molecule has 9 atom stereocenters. The van der Waals surface area contributed by atoms with Crippen molar-refractivity contribution in [3.05, 3.63) is 60.8 Å². The molecule has 1 amide bonds. The molecular weight excluding hydrogens is 1060 g/mol. The summed E-state index contributed by atoms with van der Waals surface area (Å²) in [4.78, 5) is 13.3. The van der Waals surface area contributed by atoms with Crippen molar-refractivity contribution in [2.45, 2.75) is 390 Å². The van der Waals surface area contributed by atoms with Gasteiger partial charge in [-0.15, -0.1) is 0 Å². The molecule has 1 saturated heterocycles. The van der Waals surface area contributed by atoms with E-state index in [0.29, 0.717) is 19.3 Å². The van der Waals surface area contributed by atoms with Crippen LogP contribution < -0.4 is 5.32 Å². The van der Waals surface area contributed by atoms with Crippen molar-refractivity contribution in [3.63, 3.8) is 0 Å². The van der Waals surface area contributed by atoms with Gasteiger partial charge in [0.15, 0.2) is 6.29 Å². The Morgan fingerprint density at radius 2 is 0.741 bits per heavy atom. The molecule has 498 valence electrons. The van der Waals surface area contributed by atoms with Gasteiger partial charge in [0.05, 0.1) is 25.4 Å². The monoisotopic (exact) mass is 1200 g/mol. The number of aliphatic hydroxyl groups is 7. The first-order valence-corrected chi connectivity index (χ1v) is 36.2. The van der Waals surface area contributed by atoms with Gasteiger partial charge in [-0.05, 0) is 96.3 Å². The predicted molar refractivity (Wildman–Crippen MR) is 358 cm³/mol. The minimum atomic E-state index is -1.68. The molecule has 0 radical (unpaired) electrons. The van der Waals surface area contributed by atoms with E-state index in [9.17, 15) is 40.5 Å². The Morgan fingerprint density at radius 1 is 0.412 bits per heavy atom. The summed E-state index contributed by atoms with van der Waals surface area (Å²) >= 11 is 0. The van der Waals surface area contributed by atoms with Gasteiger partial charge in [-0.3, -0.25) is 4.79 Å². The van der Waals surface area contributed by atoms with Crippen molar-refractivity contribution >= 4 is 5.91 Å². The summed E-state index contributed by atoms with van der Waals surface area (Å²) in [6.45, 7) is 3.48. The highest BCUT2D eigenvalue weighted by Gasteiger charge is 2.44. The van der Waals surface area contributed by atoms with Crippen molar-refractivity contribution in [3.8, 4) is 0 Å². The van der Waals surface area contributed by atoms with Gasteiger partial charge < -0.3 is 50.5 Å². The number of carbonyl (C=O) groups excluding carboxylic acids is 1. The predicted octanol–water partition coefficient (Wildman–Crippen LogP) is 17.7. The lowest BCUT2D eigenvalue weighted by Gasteiger charge is -2.40. The van der Waals surface area contributed by atoms with Crippen LogP contribution in [0.1, 0.15) is 335 Å². The van der Waals surface area contributed by atoms with Crippen molar-refractivity contribution in [1.29, 1.82) is 0 Å². The Kier molecular flexibility index (Phi) is 59.0. The molecule has 8 N–H and O–H groups in total. The van der Waals surface area contributed by atoms with Crippen LogP contribution >= 0.6 is 0 Å². The summed E-state index contributed by atoms with van der Waals surface area (Å²) in [6.07, 6.45) is 71.7. The fraction of sp³-hybridized carbons (Fsp3) is 0.851. The van der Waals surface area contributed by atoms with E-state index < -0.39 is 74.2 Å². The third-order valence-corrected chi connectivity index (χ3v) is 17.2. The molecule has 1 heterocycles. The normalized spacial score (nSPS) is 19.2. The average Bonchev–Trinajstić information content (AvgIpc) is 3.70. The van der Waals surface area contributed by atoms with Crippen LogP contribution in [0.15, 0.2) is 60.8 Å². The lowest BCUT2D eigenvalue weighted by Crippen LogP contribution is -2.60. The number of aliphatic hydroxyl groups excluding tert-OH is 7. The SMILES string of the molecule is CCCCCCCCCCC/C=C\C/C=C\CCCCCCCCCCCCCCC(O)C(=O)NC(COC1OC(CO)C(O)C(O)C1O)C(O)C(O)CCC/C=C/CC/C=C/CC/C=C/CCCCCCCCCCCCCCCCCCC. The minimum absolute atomic E-state index is 0.240. The van der Waals surface area contributed by atoms with Gasteiger partial charge in [-0.1, -0.05) is 299 Å². The Hall–Kier alpha value is -2.19. The Morgan fingerprint density at radius 3 is 1.12 bits per heavy atom. The number of rotatable bonds is 63. The van der Waals surface area contributed by atoms with Crippen molar-refractivity contribution in [2.75, 3.05) is 13.2 Å². The number of unbranched alkanes of at least 4 members (excludes halogenated alkanes) is 41. The molecule has 11 heteroatoms. The zero-order valence-corrected chi connectivity index (χ0v) is 55.1. The molecule has 9 unspecified atom stereocenters. The largest absolute Gasteiger partial charge is 0.394 e. The second-order valence-corrected chi connectivity index (χ2v) is 25.3. The average molecular weight is 1200 g/mol. The molecule has 0 saturated carbocycles. The van der Waals surface area contributed by atoms with Crippen LogP contribution in [-0.4, -0.2) is 110 Å². The van der Waals surface area contributed by atoms with E-state index in [1.807, 2.05) is 0 Å². The van der Waals surface area contributed by atoms with E-state index in [2.05, 4.69) is 79.9 Å². The van der Waals surface area contributed by atoms with Crippen LogP contribution in [0.4, 0.5) is 0 Å². The minimum Gasteiger partial charge on any atom is -0.394 e.